The van der Waals surface area contributed by atoms with Crippen LogP contribution < -0.4 is 0 Å². The van der Waals surface area contributed by atoms with Crippen molar-refractivity contribution in [2.24, 2.45) is 5.92 Å². The number of likely N-dealkylation sites (tertiary alicyclic amines) is 1. The van der Waals surface area contributed by atoms with Crippen molar-refractivity contribution in [3.63, 3.8) is 0 Å². The number of hydrogen-bond donors (Lipinski definition) is 0. The summed E-state index contributed by atoms with van der Waals surface area (Å²) < 4.78 is 40.7. The average molecular weight is 466 g/mol. The van der Waals surface area contributed by atoms with Gasteiger partial charge in [0.1, 0.15) is 15.9 Å². The number of hydrogen-bond acceptors (Lipinski definition) is 4. The number of benzene rings is 1. The normalized spacial score (nSPS) is 20.8. The molecule has 1 unspecified atom stereocenters. The van der Waals surface area contributed by atoms with Crippen LogP contribution in [0.25, 0.3) is 0 Å². The second kappa shape index (κ2) is 9.22. The van der Waals surface area contributed by atoms with Gasteiger partial charge in [0.25, 0.3) is 0 Å². The molecule has 0 saturated carbocycles. The van der Waals surface area contributed by atoms with Crippen LogP contribution in [-0.2, 0) is 21.2 Å². The van der Waals surface area contributed by atoms with Crippen molar-refractivity contribution in [1.82, 2.24) is 14.2 Å². The van der Waals surface area contributed by atoms with Gasteiger partial charge in [-0.15, -0.1) is 0 Å². The Morgan fingerprint density at radius 1 is 1.13 bits per heavy atom. The molecule has 1 atom stereocenters. The number of amides is 1. The van der Waals surface area contributed by atoms with Crippen molar-refractivity contribution in [1.29, 1.82) is 0 Å². The maximum absolute atomic E-state index is 13.5. The lowest BCUT2D eigenvalue weighted by Gasteiger charge is -2.34. The second-order valence-electron chi connectivity index (χ2n) is 8.13. The van der Waals surface area contributed by atoms with E-state index in [1.54, 1.807) is 12.1 Å². The largest absolute Gasteiger partial charge is 0.339 e. The predicted octanol–water partition coefficient (Wildman–Crippen LogP) is 3.51. The van der Waals surface area contributed by atoms with Gasteiger partial charge in [-0.1, -0.05) is 23.7 Å². The van der Waals surface area contributed by atoms with E-state index >= 15 is 0 Å². The molecule has 1 aromatic heterocycles. The van der Waals surface area contributed by atoms with E-state index in [2.05, 4.69) is 4.98 Å². The number of carbonyl (C=O) groups is 1. The minimum atomic E-state index is -3.74. The van der Waals surface area contributed by atoms with Crippen LogP contribution >= 0.6 is 11.6 Å². The first kappa shape index (κ1) is 22.2. The molecule has 2 aromatic rings. The molecule has 2 aliphatic rings. The molecule has 2 fully saturated rings. The lowest BCUT2D eigenvalue weighted by Crippen LogP contribution is -2.46. The molecule has 0 spiro atoms. The van der Waals surface area contributed by atoms with Crippen LogP contribution in [0.15, 0.2) is 47.5 Å². The van der Waals surface area contributed by atoms with Crippen LogP contribution in [-0.4, -0.2) is 54.2 Å². The fourth-order valence-electron chi connectivity index (χ4n) is 4.55. The van der Waals surface area contributed by atoms with Gasteiger partial charge in [0.2, 0.25) is 15.9 Å². The van der Waals surface area contributed by atoms with Crippen molar-refractivity contribution in [2.75, 3.05) is 19.6 Å². The third kappa shape index (κ3) is 4.76. The fraction of sp³-hybridized carbons (Fsp3) is 0.455. The first-order valence-electron chi connectivity index (χ1n) is 10.5. The number of piperidine rings is 1. The van der Waals surface area contributed by atoms with Gasteiger partial charge in [-0.2, -0.15) is 4.31 Å². The number of aromatic nitrogens is 1. The van der Waals surface area contributed by atoms with E-state index in [0.717, 1.165) is 18.4 Å². The summed E-state index contributed by atoms with van der Waals surface area (Å²) in [7, 11) is -3.74. The summed E-state index contributed by atoms with van der Waals surface area (Å²) in [4.78, 5) is 19.0. The summed E-state index contributed by atoms with van der Waals surface area (Å²) in [5.74, 6) is -0.394. The molecule has 6 nitrogen and oxygen atoms in total. The minimum Gasteiger partial charge on any atom is -0.339 e. The zero-order valence-corrected chi connectivity index (χ0v) is 18.7. The van der Waals surface area contributed by atoms with E-state index in [0.29, 0.717) is 25.8 Å². The molecule has 2 saturated heterocycles. The smallest absolute Gasteiger partial charge is 0.246 e. The third-order valence-electron chi connectivity index (χ3n) is 6.17. The van der Waals surface area contributed by atoms with E-state index in [4.69, 9.17) is 11.6 Å². The second-order valence-corrected chi connectivity index (χ2v) is 10.4. The highest BCUT2D eigenvalue weighted by Gasteiger charge is 2.37. The van der Waals surface area contributed by atoms with E-state index in [9.17, 15) is 17.6 Å². The van der Waals surface area contributed by atoms with Gasteiger partial charge in [-0.3, -0.25) is 4.79 Å². The van der Waals surface area contributed by atoms with Crippen LogP contribution in [0.2, 0.25) is 5.15 Å². The molecular weight excluding hydrogens is 441 g/mol. The molecule has 1 aromatic carbocycles. The van der Waals surface area contributed by atoms with E-state index < -0.39 is 10.0 Å². The van der Waals surface area contributed by atoms with Crippen molar-refractivity contribution in [3.8, 4) is 0 Å². The number of pyridine rings is 1. The van der Waals surface area contributed by atoms with Gasteiger partial charge in [0.15, 0.2) is 0 Å². The standard InChI is InChI=1S/C22H25ClFN3O3S/c23-21-20(7-2-10-25-21)31(29,30)26-12-8-17(9-13-26)22(28)27-11-3-6-19(27)15-16-4-1-5-18(24)14-16/h1-2,4-5,7,10,14,17,19H,3,6,8-9,11-13,15H2. The Balaban J connectivity index is 1.39. The van der Waals surface area contributed by atoms with Gasteiger partial charge >= 0.3 is 0 Å². The summed E-state index contributed by atoms with van der Waals surface area (Å²) in [5, 5.41) is -0.0436. The van der Waals surface area contributed by atoms with Crippen molar-refractivity contribution in [3.05, 3.63) is 59.1 Å². The van der Waals surface area contributed by atoms with Crippen LogP contribution in [0.1, 0.15) is 31.2 Å². The van der Waals surface area contributed by atoms with E-state index in [1.807, 2.05) is 11.0 Å². The van der Waals surface area contributed by atoms with E-state index in [1.165, 1.54) is 28.7 Å². The maximum Gasteiger partial charge on any atom is 0.246 e. The molecule has 0 aliphatic carbocycles. The molecule has 4 rings (SSSR count). The highest BCUT2D eigenvalue weighted by atomic mass is 35.5. The predicted molar refractivity (Wildman–Crippen MR) is 116 cm³/mol. The van der Waals surface area contributed by atoms with Gasteiger partial charge in [0, 0.05) is 37.8 Å². The molecule has 2 aliphatic heterocycles. The quantitative estimate of drug-likeness (QED) is 0.633. The Hall–Kier alpha value is -2.03. The molecule has 0 N–H and O–H groups in total. The Kier molecular flexibility index (Phi) is 6.60. The first-order chi connectivity index (χ1) is 14.9. The highest BCUT2D eigenvalue weighted by Crippen LogP contribution is 2.30. The van der Waals surface area contributed by atoms with Gasteiger partial charge < -0.3 is 4.90 Å². The summed E-state index contributed by atoms with van der Waals surface area (Å²) in [6.07, 6.45) is 4.85. The molecule has 0 bridgehead atoms. The Bertz CT molecular complexity index is 1060. The molecule has 31 heavy (non-hydrogen) atoms. The molecule has 9 heteroatoms. The van der Waals surface area contributed by atoms with E-state index in [-0.39, 0.29) is 46.8 Å². The summed E-state index contributed by atoms with van der Waals surface area (Å²) >= 11 is 5.98. The average Bonchev–Trinajstić information content (AvgIpc) is 3.21. The zero-order chi connectivity index (χ0) is 22.0. The Morgan fingerprint density at radius 2 is 1.90 bits per heavy atom. The van der Waals surface area contributed by atoms with Crippen LogP contribution in [0.4, 0.5) is 4.39 Å². The summed E-state index contributed by atoms with van der Waals surface area (Å²) in [6, 6.07) is 9.57. The maximum atomic E-state index is 13.5. The lowest BCUT2D eigenvalue weighted by atomic mass is 9.95. The zero-order valence-electron chi connectivity index (χ0n) is 17.1. The lowest BCUT2D eigenvalue weighted by molar-refractivity contribution is -0.137. The molecule has 166 valence electrons. The van der Waals surface area contributed by atoms with Gasteiger partial charge in [0.05, 0.1) is 0 Å². The number of sulfonamides is 1. The molecular formula is C22H25ClFN3O3S. The SMILES string of the molecule is O=C(C1CCN(S(=O)(=O)c2cccnc2Cl)CC1)N1CCCC1Cc1cccc(F)c1. The molecule has 3 heterocycles. The summed E-state index contributed by atoms with van der Waals surface area (Å²) in [6.45, 7) is 1.24. The van der Waals surface area contributed by atoms with Crippen molar-refractivity contribution in [2.45, 2.75) is 43.0 Å². The number of carbonyl (C=O) groups excluding carboxylic acids is 1. The Labute approximate surface area is 187 Å². The number of rotatable bonds is 5. The third-order valence-corrected chi connectivity index (χ3v) is 8.51. The number of halogens is 2. The van der Waals surface area contributed by atoms with Gasteiger partial charge in [-0.25, -0.2) is 17.8 Å². The monoisotopic (exact) mass is 465 g/mol. The van der Waals surface area contributed by atoms with Crippen molar-refractivity contribution < 1.29 is 17.6 Å². The Morgan fingerprint density at radius 3 is 2.61 bits per heavy atom. The van der Waals surface area contributed by atoms with Crippen LogP contribution in [0, 0.1) is 11.7 Å². The first-order valence-corrected chi connectivity index (χ1v) is 12.3. The summed E-state index contributed by atoms with van der Waals surface area (Å²) in [5.41, 5.74) is 0.888. The van der Waals surface area contributed by atoms with Crippen LogP contribution in [0.3, 0.4) is 0 Å². The fourth-order valence-corrected chi connectivity index (χ4v) is 6.45. The van der Waals surface area contributed by atoms with Crippen molar-refractivity contribution >= 4 is 27.5 Å². The topological polar surface area (TPSA) is 70.6 Å². The molecule has 1 amide bonds. The highest BCUT2D eigenvalue weighted by molar-refractivity contribution is 7.89. The van der Waals surface area contributed by atoms with Crippen LogP contribution in [0.5, 0.6) is 0 Å². The molecule has 0 radical (unpaired) electrons. The minimum absolute atomic E-state index is 0.00357. The van der Waals surface area contributed by atoms with Gasteiger partial charge in [-0.05, 0) is 61.9 Å². The number of nitrogens with zero attached hydrogens (tertiary/aromatic N) is 3.